The van der Waals surface area contributed by atoms with Crippen LogP contribution in [0.1, 0.15) is 15.9 Å². The lowest BCUT2D eigenvalue weighted by Gasteiger charge is -2.11. The van der Waals surface area contributed by atoms with Gasteiger partial charge in [0.2, 0.25) is 0 Å². The summed E-state index contributed by atoms with van der Waals surface area (Å²) in [5.74, 6) is 0.321. The topological polar surface area (TPSA) is 55.8 Å². The number of imide groups is 1. The Morgan fingerprint density at radius 1 is 1.09 bits per heavy atom. The largest absolute Gasteiger partial charge is 0.489 e. The van der Waals surface area contributed by atoms with E-state index in [9.17, 15) is 9.59 Å². The molecule has 0 aromatic heterocycles. The number of carbonyl (C=O) groups is 2. The highest BCUT2D eigenvalue weighted by Gasteiger charge is 2.29. The van der Waals surface area contributed by atoms with E-state index in [1.54, 1.807) is 24.3 Å². The van der Waals surface area contributed by atoms with Crippen LogP contribution in [0.2, 0.25) is 0 Å². The van der Waals surface area contributed by atoms with Crippen molar-refractivity contribution in [2.45, 2.75) is 6.61 Å². The molecule has 0 spiro atoms. The minimum atomic E-state index is -0.589. The molecule has 1 saturated heterocycles. The lowest BCUT2D eigenvalue weighted by molar-refractivity contribution is 0.0810. The maximum atomic E-state index is 12.1. The third-order valence-electron chi connectivity index (χ3n) is 3.36. The Morgan fingerprint density at radius 2 is 1.82 bits per heavy atom. The minimum absolute atomic E-state index is 0.253. The highest BCUT2D eigenvalue weighted by Crippen LogP contribution is 2.17. The van der Waals surface area contributed by atoms with E-state index in [4.69, 9.17) is 9.47 Å². The molecule has 5 heteroatoms. The van der Waals surface area contributed by atoms with Gasteiger partial charge in [-0.3, -0.25) is 4.79 Å². The molecule has 2 aromatic carbocycles. The third-order valence-corrected chi connectivity index (χ3v) is 3.36. The van der Waals surface area contributed by atoms with Crippen LogP contribution < -0.4 is 4.74 Å². The zero-order valence-corrected chi connectivity index (χ0v) is 11.9. The molecule has 1 aliphatic heterocycles. The highest BCUT2D eigenvalue weighted by molar-refractivity contribution is 6.03. The highest BCUT2D eigenvalue weighted by atomic mass is 16.6. The number of hydrogen-bond acceptors (Lipinski definition) is 4. The van der Waals surface area contributed by atoms with Crippen LogP contribution in [0.5, 0.6) is 5.75 Å². The maximum Gasteiger partial charge on any atom is 0.416 e. The van der Waals surface area contributed by atoms with E-state index in [0.717, 1.165) is 10.5 Å². The van der Waals surface area contributed by atoms with Gasteiger partial charge in [0, 0.05) is 5.56 Å². The van der Waals surface area contributed by atoms with E-state index in [-0.39, 0.29) is 12.5 Å². The number of cyclic esters (lactones) is 1. The normalized spacial score (nSPS) is 13.8. The smallest absolute Gasteiger partial charge is 0.416 e. The molecule has 1 fully saturated rings. The molecule has 0 bridgehead atoms. The Labute approximate surface area is 128 Å². The molecule has 22 heavy (non-hydrogen) atoms. The summed E-state index contributed by atoms with van der Waals surface area (Å²) in [5.41, 5.74) is 1.51. The molecule has 112 valence electrons. The van der Waals surface area contributed by atoms with Crippen molar-refractivity contribution in [3.8, 4) is 5.75 Å². The Hall–Kier alpha value is -2.82. The van der Waals surface area contributed by atoms with Crippen LogP contribution in [0.15, 0.2) is 54.6 Å². The summed E-state index contributed by atoms with van der Waals surface area (Å²) in [5, 5.41) is 0. The third kappa shape index (κ3) is 3.09. The van der Waals surface area contributed by atoms with Gasteiger partial charge in [-0.2, -0.15) is 0 Å². The second-order valence-electron chi connectivity index (χ2n) is 4.87. The van der Waals surface area contributed by atoms with Crippen LogP contribution in [0.25, 0.3) is 0 Å². The van der Waals surface area contributed by atoms with Gasteiger partial charge in [0.15, 0.2) is 0 Å². The predicted octanol–water partition coefficient (Wildman–Crippen LogP) is 2.86. The molecule has 0 atom stereocenters. The second-order valence-corrected chi connectivity index (χ2v) is 4.87. The first-order chi connectivity index (χ1) is 10.7. The Kier molecular flexibility index (Phi) is 4.05. The van der Waals surface area contributed by atoms with Gasteiger partial charge in [0.05, 0.1) is 6.54 Å². The molecule has 1 heterocycles. The standard InChI is InChI=1S/C17H15NO4/c19-16(18-10-11-21-17(18)20)14-6-8-15(9-7-14)22-12-13-4-2-1-3-5-13/h1-9H,10-12H2. The van der Waals surface area contributed by atoms with Crippen LogP contribution >= 0.6 is 0 Å². The summed E-state index contributed by atoms with van der Waals surface area (Å²) in [4.78, 5) is 24.6. The van der Waals surface area contributed by atoms with Gasteiger partial charge in [0.1, 0.15) is 19.0 Å². The molecule has 3 rings (SSSR count). The Bertz CT molecular complexity index is 667. The number of rotatable bonds is 4. The van der Waals surface area contributed by atoms with Crippen molar-refractivity contribution >= 4 is 12.0 Å². The molecular weight excluding hydrogens is 282 g/mol. The summed E-state index contributed by atoms with van der Waals surface area (Å²) in [7, 11) is 0. The van der Waals surface area contributed by atoms with Crippen molar-refractivity contribution in [1.29, 1.82) is 0 Å². The van der Waals surface area contributed by atoms with Gasteiger partial charge in [-0.15, -0.1) is 0 Å². The molecule has 1 aliphatic rings. The predicted molar refractivity (Wildman–Crippen MR) is 79.6 cm³/mol. The van der Waals surface area contributed by atoms with Crippen LogP contribution in [-0.2, 0) is 11.3 Å². The molecule has 2 amide bonds. The van der Waals surface area contributed by atoms with E-state index >= 15 is 0 Å². The molecular formula is C17H15NO4. The summed E-state index contributed by atoms with van der Waals surface area (Å²) in [6.07, 6.45) is -0.589. The number of benzene rings is 2. The van der Waals surface area contributed by atoms with Crippen LogP contribution in [0.4, 0.5) is 4.79 Å². The fourth-order valence-corrected chi connectivity index (χ4v) is 2.17. The number of nitrogens with zero attached hydrogens (tertiary/aromatic N) is 1. The summed E-state index contributed by atoms with van der Waals surface area (Å²) < 4.78 is 10.4. The quantitative estimate of drug-likeness (QED) is 0.870. The second kappa shape index (κ2) is 6.30. The molecule has 5 nitrogen and oxygen atoms in total. The maximum absolute atomic E-state index is 12.1. The average molecular weight is 297 g/mol. The Morgan fingerprint density at radius 3 is 2.45 bits per heavy atom. The molecule has 0 saturated carbocycles. The zero-order chi connectivity index (χ0) is 15.4. The van der Waals surface area contributed by atoms with Crippen molar-refractivity contribution in [1.82, 2.24) is 4.90 Å². The van der Waals surface area contributed by atoms with Gasteiger partial charge in [-0.1, -0.05) is 30.3 Å². The zero-order valence-electron chi connectivity index (χ0n) is 11.9. The van der Waals surface area contributed by atoms with Crippen molar-refractivity contribution in [2.75, 3.05) is 13.2 Å². The first-order valence-electron chi connectivity index (χ1n) is 6.99. The van der Waals surface area contributed by atoms with Gasteiger partial charge in [-0.25, -0.2) is 9.69 Å². The average Bonchev–Trinajstić information content (AvgIpc) is 3.00. The van der Waals surface area contributed by atoms with E-state index in [1.807, 2.05) is 30.3 Å². The van der Waals surface area contributed by atoms with Gasteiger partial charge < -0.3 is 9.47 Å². The summed E-state index contributed by atoms with van der Waals surface area (Å²) in [6.45, 7) is 1.01. The molecule has 2 aromatic rings. The number of hydrogen-bond donors (Lipinski definition) is 0. The Balaban J connectivity index is 1.62. The van der Waals surface area contributed by atoms with E-state index < -0.39 is 6.09 Å². The van der Waals surface area contributed by atoms with E-state index in [1.165, 1.54) is 0 Å². The van der Waals surface area contributed by atoms with Crippen molar-refractivity contribution in [3.05, 3.63) is 65.7 Å². The first kappa shape index (κ1) is 14.1. The first-order valence-corrected chi connectivity index (χ1v) is 6.99. The fraction of sp³-hybridized carbons (Fsp3) is 0.176. The van der Waals surface area contributed by atoms with Crippen molar-refractivity contribution in [3.63, 3.8) is 0 Å². The van der Waals surface area contributed by atoms with E-state index in [0.29, 0.717) is 24.5 Å². The molecule has 0 N–H and O–H groups in total. The summed E-state index contributed by atoms with van der Waals surface area (Å²) >= 11 is 0. The number of amides is 2. The molecule has 0 aliphatic carbocycles. The van der Waals surface area contributed by atoms with Gasteiger partial charge in [0.25, 0.3) is 5.91 Å². The van der Waals surface area contributed by atoms with Crippen LogP contribution in [0, 0.1) is 0 Å². The fourth-order valence-electron chi connectivity index (χ4n) is 2.17. The van der Waals surface area contributed by atoms with Gasteiger partial charge in [-0.05, 0) is 29.8 Å². The molecule has 0 unspecified atom stereocenters. The number of ether oxygens (including phenoxy) is 2. The van der Waals surface area contributed by atoms with Crippen LogP contribution in [-0.4, -0.2) is 30.1 Å². The van der Waals surface area contributed by atoms with E-state index in [2.05, 4.69) is 0 Å². The van der Waals surface area contributed by atoms with Gasteiger partial charge >= 0.3 is 6.09 Å². The summed E-state index contributed by atoms with van der Waals surface area (Å²) in [6, 6.07) is 16.6. The monoisotopic (exact) mass is 297 g/mol. The molecule has 0 radical (unpaired) electrons. The lowest BCUT2D eigenvalue weighted by Crippen LogP contribution is -2.31. The van der Waals surface area contributed by atoms with Crippen molar-refractivity contribution < 1.29 is 19.1 Å². The minimum Gasteiger partial charge on any atom is -0.489 e. The number of carbonyl (C=O) groups excluding carboxylic acids is 2. The van der Waals surface area contributed by atoms with Crippen molar-refractivity contribution in [2.24, 2.45) is 0 Å². The van der Waals surface area contributed by atoms with Crippen LogP contribution in [0.3, 0.4) is 0 Å². The lowest BCUT2D eigenvalue weighted by atomic mass is 10.2. The SMILES string of the molecule is O=C1OCCN1C(=O)c1ccc(OCc2ccccc2)cc1.